The van der Waals surface area contributed by atoms with Gasteiger partial charge in [-0.1, -0.05) is 19.3 Å². The Morgan fingerprint density at radius 1 is 1.00 bits per heavy atom. The lowest BCUT2D eigenvalue weighted by atomic mass is 10.0. The monoisotopic (exact) mass is 240 g/mol. The Morgan fingerprint density at radius 2 is 1.76 bits per heavy atom. The van der Waals surface area contributed by atoms with Gasteiger partial charge in [-0.15, -0.1) is 0 Å². The van der Waals surface area contributed by atoms with Crippen molar-refractivity contribution in [3.63, 3.8) is 0 Å². The highest BCUT2D eigenvalue weighted by Gasteiger charge is 2.31. The van der Waals surface area contributed by atoms with Gasteiger partial charge in [-0.2, -0.15) is 0 Å². The molecule has 0 bridgehead atoms. The molecular weight excluding hydrogens is 212 g/mol. The minimum atomic E-state index is -0.0941. The van der Waals surface area contributed by atoms with Crippen molar-refractivity contribution in [3.05, 3.63) is 0 Å². The molecule has 1 aliphatic heterocycles. The van der Waals surface area contributed by atoms with E-state index in [9.17, 15) is 5.11 Å². The van der Waals surface area contributed by atoms with Gasteiger partial charge in [-0.05, 0) is 39.8 Å². The zero-order chi connectivity index (χ0) is 12.3. The van der Waals surface area contributed by atoms with E-state index in [-0.39, 0.29) is 6.10 Å². The predicted molar refractivity (Wildman–Crippen MR) is 71.2 cm³/mol. The van der Waals surface area contributed by atoms with Crippen molar-refractivity contribution in [2.24, 2.45) is 0 Å². The molecule has 0 aromatic heterocycles. The third-order valence-corrected chi connectivity index (χ3v) is 4.47. The molecule has 3 nitrogen and oxygen atoms in total. The molecule has 17 heavy (non-hydrogen) atoms. The third-order valence-electron chi connectivity index (χ3n) is 4.47. The zero-order valence-corrected chi connectivity index (χ0v) is 11.4. The number of nitrogens with zero attached hydrogens (tertiary/aromatic N) is 2. The molecule has 2 fully saturated rings. The molecule has 3 heteroatoms. The van der Waals surface area contributed by atoms with Gasteiger partial charge in [0, 0.05) is 25.2 Å². The van der Waals surface area contributed by atoms with E-state index in [0.29, 0.717) is 12.1 Å². The van der Waals surface area contributed by atoms with Crippen LogP contribution in [0.5, 0.6) is 0 Å². The highest BCUT2D eigenvalue weighted by atomic mass is 16.3. The van der Waals surface area contributed by atoms with E-state index in [2.05, 4.69) is 23.8 Å². The molecule has 3 atom stereocenters. The maximum absolute atomic E-state index is 10.3. The SMILES string of the molecule is CC1CN(C)CCCN1C1CCCCCC1O. The number of rotatable bonds is 1. The van der Waals surface area contributed by atoms with Crippen LogP contribution in [0.3, 0.4) is 0 Å². The van der Waals surface area contributed by atoms with Crippen LogP contribution >= 0.6 is 0 Å². The Labute approximate surface area is 106 Å². The minimum Gasteiger partial charge on any atom is -0.391 e. The van der Waals surface area contributed by atoms with Crippen LogP contribution in [0.25, 0.3) is 0 Å². The van der Waals surface area contributed by atoms with Gasteiger partial charge in [0.25, 0.3) is 0 Å². The van der Waals surface area contributed by atoms with Crippen LogP contribution in [0, 0.1) is 0 Å². The Bertz CT molecular complexity index is 234. The summed E-state index contributed by atoms with van der Waals surface area (Å²) in [7, 11) is 2.21. The lowest BCUT2D eigenvalue weighted by Crippen LogP contribution is -2.49. The Kier molecular flexibility index (Phi) is 4.83. The highest BCUT2D eigenvalue weighted by molar-refractivity contribution is 4.87. The molecule has 0 amide bonds. The third kappa shape index (κ3) is 3.43. The Hall–Kier alpha value is -0.120. The largest absolute Gasteiger partial charge is 0.391 e. The van der Waals surface area contributed by atoms with Crippen LogP contribution in [0.4, 0.5) is 0 Å². The van der Waals surface area contributed by atoms with Crippen LogP contribution in [0.1, 0.15) is 45.4 Å². The van der Waals surface area contributed by atoms with Gasteiger partial charge in [-0.3, -0.25) is 4.90 Å². The molecule has 100 valence electrons. The van der Waals surface area contributed by atoms with Gasteiger partial charge in [0.1, 0.15) is 0 Å². The standard InChI is InChI=1S/C14H28N2O/c1-12-11-15(2)9-6-10-16(12)13-7-4-3-5-8-14(13)17/h12-14,17H,3-11H2,1-2H3. The normalized spacial score (nSPS) is 38.6. The number of likely N-dealkylation sites (N-methyl/N-ethyl adjacent to an activating group) is 1. The van der Waals surface area contributed by atoms with Gasteiger partial charge >= 0.3 is 0 Å². The number of aliphatic hydroxyl groups excluding tert-OH is 1. The van der Waals surface area contributed by atoms with Gasteiger partial charge in [-0.25, -0.2) is 0 Å². The number of aliphatic hydroxyl groups is 1. The highest BCUT2D eigenvalue weighted by Crippen LogP contribution is 2.25. The maximum Gasteiger partial charge on any atom is 0.0695 e. The lowest BCUT2D eigenvalue weighted by molar-refractivity contribution is 0.0250. The molecule has 0 aromatic carbocycles. The van der Waals surface area contributed by atoms with Crippen LogP contribution in [0.15, 0.2) is 0 Å². The molecule has 3 unspecified atom stereocenters. The molecule has 1 saturated carbocycles. The van der Waals surface area contributed by atoms with Crippen molar-refractivity contribution in [1.82, 2.24) is 9.80 Å². The van der Waals surface area contributed by atoms with Crippen molar-refractivity contribution in [3.8, 4) is 0 Å². The first-order valence-corrected chi connectivity index (χ1v) is 7.31. The summed E-state index contributed by atoms with van der Waals surface area (Å²) in [6, 6.07) is 0.999. The van der Waals surface area contributed by atoms with E-state index in [1.165, 1.54) is 38.6 Å². The van der Waals surface area contributed by atoms with Gasteiger partial charge in [0.05, 0.1) is 6.10 Å². The first-order chi connectivity index (χ1) is 8.18. The predicted octanol–water partition coefficient (Wildman–Crippen LogP) is 1.71. The fourth-order valence-electron chi connectivity index (χ4n) is 3.54. The summed E-state index contributed by atoms with van der Waals surface area (Å²) in [5.41, 5.74) is 0. The summed E-state index contributed by atoms with van der Waals surface area (Å²) < 4.78 is 0. The topological polar surface area (TPSA) is 26.7 Å². The summed E-state index contributed by atoms with van der Waals surface area (Å²) in [4.78, 5) is 5.01. The number of hydrogen-bond acceptors (Lipinski definition) is 3. The smallest absolute Gasteiger partial charge is 0.0695 e. The second kappa shape index (κ2) is 6.17. The Balaban J connectivity index is 2.02. The van der Waals surface area contributed by atoms with Crippen LogP contribution in [-0.2, 0) is 0 Å². The molecule has 2 rings (SSSR count). The average Bonchev–Trinajstić information content (AvgIpc) is 2.57. The first-order valence-electron chi connectivity index (χ1n) is 7.31. The first kappa shape index (κ1) is 13.3. The van der Waals surface area contributed by atoms with Crippen molar-refractivity contribution < 1.29 is 5.11 Å². The molecule has 0 aromatic rings. The summed E-state index contributed by atoms with van der Waals surface area (Å²) >= 11 is 0. The van der Waals surface area contributed by atoms with E-state index < -0.39 is 0 Å². The molecule has 1 saturated heterocycles. The van der Waals surface area contributed by atoms with Gasteiger partial charge in [0.2, 0.25) is 0 Å². The molecule has 2 aliphatic rings. The van der Waals surface area contributed by atoms with Gasteiger partial charge in [0.15, 0.2) is 0 Å². The lowest BCUT2D eigenvalue weighted by Gasteiger charge is -2.37. The molecular formula is C14H28N2O. The van der Waals surface area contributed by atoms with E-state index in [1.807, 2.05) is 0 Å². The van der Waals surface area contributed by atoms with Crippen molar-refractivity contribution in [2.75, 3.05) is 26.7 Å². The second-order valence-corrected chi connectivity index (χ2v) is 5.98. The molecule has 1 N–H and O–H groups in total. The zero-order valence-electron chi connectivity index (χ0n) is 11.4. The Morgan fingerprint density at radius 3 is 2.59 bits per heavy atom. The van der Waals surface area contributed by atoms with E-state index in [1.54, 1.807) is 0 Å². The van der Waals surface area contributed by atoms with Crippen molar-refractivity contribution >= 4 is 0 Å². The second-order valence-electron chi connectivity index (χ2n) is 5.98. The number of hydrogen-bond donors (Lipinski definition) is 1. The molecule has 1 heterocycles. The quantitative estimate of drug-likeness (QED) is 0.707. The van der Waals surface area contributed by atoms with Crippen molar-refractivity contribution in [2.45, 2.75) is 63.6 Å². The van der Waals surface area contributed by atoms with Crippen LogP contribution < -0.4 is 0 Å². The van der Waals surface area contributed by atoms with E-state index in [0.717, 1.165) is 19.5 Å². The van der Waals surface area contributed by atoms with E-state index in [4.69, 9.17) is 0 Å². The van der Waals surface area contributed by atoms with E-state index >= 15 is 0 Å². The molecule has 1 aliphatic carbocycles. The van der Waals surface area contributed by atoms with Crippen molar-refractivity contribution in [1.29, 1.82) is 0 Å². The summed E-state index contributed by atoms with van der Waals surface area (Å²) in [6.45, 7) is 5.82. The maximum atomic E-state index is 10.3. The fourth-order valence-corrected chi connectivity index (χ4v) is 3.54. The summed E-state index contributed by atoms with van der Waals surface area (Å²) in [5, 5.41) is 10.3. The minimum absolute atomic E-state index is 0.0941. The fraction of sp³-hybridized carbons (Fsp3) is 1.00. The average molecular weight is 240 g/mol. The van der Waals surface area contributed by atoms with Gasteiger partial charge < -0.3 is 10.0 Å². The molecule has 0 spiro atoms. The summed E-state index contributed by atoms with van der Waals surface area (Å²) in [5.74, 6) is 0. The van der Waals surface area contributed by atoms with Crippen LogP contribution in [0.2, 0.25) is 0 Å². The summed E-state index contributed by atoms with van der Waals surface area (Å²) in [6.07, 6.45) is 7.14. The van der Waals surface area contributed by atoms with Crippen LogP contribution in [-0.4, -0.2) is 59.8 Å². The molecule has 0 radical (unpaired) electrons.